The van der Waals surface area contributed by atoms with Crippen molar-refractivity contribution in [2.75, 3.05) is 33.8 Å². The third-order valence-corrected chi connectivity index (χ3v) is 5.78. The van der Waals surface area contributed by atoms with Gasteiger partial charge in [0.05, 0.1) is 18.8 Å². The number of halogens is 6. The van der Waals surface area contributed by atoms with E-state index in [1.54, 1.807) is 11.3 Å². The second-order valence-electron chi connectivity index (χ2n) is 7.62. The predicted octanol–water partition coefficient (Wildman–Crippen LogP) is 3.09. The van der Waals surface area contributed by atoms with Gasteiger partial charge in [0.15, 0.2) is 0 Å². The summed E-state index contributed by atoms with van der Waals surface area (Å²) in [6.07, 6.45) is -4.73. The number of aromatic nitrogens is 1. The van der Waals surface area contributed by atoms with Crippen LogP contribution in [0.1, 0.15) is 24.3 Å². The fourth-order valence-electron chi connectivity index (χ4n) is 3.14. The molecule has 2 saturated heterocycles. The topological polar surface area (TPSA) is 103 Å². The number of carbonyl (C=O) groups is 2. The molecule has 0 aromatic carbocycles. The van der Waals surface area contributed by atoms with Crippen LogP contribution >= 0.6 is 11.3 Å². The second kappa shape index (κ2) is 11.9. The van der Waals surface area contributed by atoms with Crippen molar-refractivity contribution < 1.29 is 50.9 Å². The molecule has 2 aliphatic heterocycles. The predicted molar refractivity (Wildman–Crippen MR) is 105 cm³/mol. The molecule has 0 saturated carbocycles. The van der Waals surface area contributed by atoms with Gasteiger partial charge in [-0.2, -0.15) is 26.3 Å². The van der Waals surface area contributed by atoms with Gasteiger partial charge in [-0.3, -0.25) is 4.90 Å². The number of ether oxygens (including phenoxy) is 1. The zero-order chi connectivity index (χ0) is 25.4. The quantitative estimate of drug-likeness (QED) is 0.600. The Morgan fingerprint density at radius 2 is 1.64 bits per heavy atom. The van der Waals surface area contributed by atoms with Crippen molar-refractivity contribution in [3.63, 3.8) is 0 Å². The summed E-state index contributed by atoms with van der Waals surface area (Å²) in [7, 11) is 4.31. The first-order valence-electron chi connectivity index (χ1n) is 9.57. The van der Waals surface area contributed by atoms with Crippen LogP contribution in [0.15, 0.2) is 11.6 Å². The number of thiazole rings is 1. The molecule has 3 rings (SSSR count). The summed E-state index contributed by atoms with van der Waals surface area (Å²) in [5, 5.41) is 17.5. The maximum Gasteiger partial charge on any atom is 0.490 e. The summed E-state index contributed by atoms with van der Waals surface area (Å²) in [6.45, 7) is 4.18. The van der Waals surface area contributed by atoms with E-state index in [0.717, 1.165) is 26.2 Å². The van der Waals surface area contributed by atoms with Crippen molar-refractivity contribution >= 4 is 23.3 Å². The van der Waals surface area contributed by atoms with Gasteiger partial charge in [0, 0.05) is 30.7 Å². The number of likely N-dealkylation sites (tertiary alicyclic amines) is 1. The minimum atomic E-state index is -5.08. The van der Waals surface area contributed by atoms with Gasteiger partial charge < -0.3 is 19.8 Å². The summed E-state index contributed by atoms with van der Waals surface area (Å²) >= 11 is 1.75. The van der Waals surface area contributed by atoms with Gasteiger partial charge in [-0.15, -0.1) is 11.3 Å². The number of rotatable bonds is 3. The highest BCUT2D eigenvalue weighted by Crippen LogP contribution is 2.37. The maximum atomic E-state index is 10.6. The molecule has 1 unspecified atom stereocenters. The highest BCUT2D eigenvalue weighted by molar-refractivity contribution is 7.09. The Morgan fingerprint density at radius 3 is 1.97 bits per heavy atom. The van der Waals surface area contributed by atoms with Crippen LogP contribution in [0.2, 0.25) is 0 Å². The summed E-state index contributed by atoms with van der Waals surface area (Å²) in [5.41, 5.74) is 0.161. The van der Waals surface area contributed by atoms with Gasteiger partial charge in [0.2, 0.25) is 0 Å². The van der Waals surface area contributed by atoms with Crippen LogP contribution < -0.4 is 0 Å². The van der Waals surface area contributed by atoms with E-state index in [0.29, 0.717) is 6.04 Å². The number of aliphatic carboxylic acids is 2. The van der Waals surface area contributed by atoms with Crippen molar-refractivity contribution in [3.05, 3.63) is 16.6 Å². The number of alkyl halides is 6. The molecule has 2 aliphatic rings. The number of carboxylic acids is 2. The second-order valence-corrected chi connectivity index (χ2v) is 8.60. The molecule has 0 aliphatic carbocycles. The van der Waals surface area contributed by atoms with E-state index >= 15 is 0 Å². The van der Waals surface area contributed by atoms with Gasteiger partial charge in [-0.1, -0.05) is 0 Å². The fourth-order valence-corrected chi connectivity index (χ4v) is 3.80. The molecule has 3 heterocycles. The zero-order valence-corrected chi connectivity index (χ0v) is 18.6. The van der Waals surface area contributed by atoms with Crippen LogP contribution in [-0.2, 0) is 20.9 Å². The molecule has 2 N–H and O–H groups in total. The maximum absolute atomic E-state index is 10.6. The molecule has 33 heavy (non-hydrogen) atoms. The van der Waals surface area contributed by atoms with Gasteiger partial charge in [0.1, 0.15) is 5.01 Å². The zero-order valence-electron chi connectivity index (χ0n) is 17.8. The van der Waals surface area contributed by atoms with E-state index < -0.39 is 24.3 Å². The number of piperidine rings is 1. The number of hydrogen-bond acceptors (Lipinski definition) is 7. The first-order chi connectivity index (χ1) is 15.1. The van der Waals surface area contributed by atoms with Crippen molar-refractivity contribution in [2.45, 2.75) is 49.8 Å². The summed E-state index contributed by atoms with van der Waals surface area (Å²) in [5.74, 6) is -5.51. The lowest BCUT2D eigenvalue weighted by molar-refractivity contribution is -0.193. The van der Waals surface area contributed by atoms with E-state index in [-0.39, 0.29) is 5.60 Å². The molecule has 0 bridgehead atoms. The molecule has 0 radical (unpaired) electrons. The monoisotopic (exact) mass is 509 g/mol. The average molecular weight is 509 g/mol. The van der Waals surface area contributed by atoms with Gasteiger partial charge in [-0.05, 0) is 33.4 Å². The normalized spacial score (nSPS) is 20.6. The van der Waals surface area contributed by atoms with Crippen LogP contribution in [0.25, 0.3) is 0 Å². The van der Waals surface area contributed by atoms with Crippen LogP contribution in [0.5, 0.6) is 0 Å². The van der Waals surface area contributed by atoms with Crippen LogP contribution in [0, 0.1) is 0 Å². The third-order valence-electron chi connectivity index (χ3n) is 5.01. The van der Waals surface area contributed by atoms with E-state index in [1.807, 2.05) is 6.20 Å². The SMILES string of the molecule is CN(C)C1COC2(CCN(Cc3nccs3)CC2)C1.O=C(O)C(F)(F)F.O=C(O)C(F)(F)F. The first kappa shape index (κ1) is 29.1. The molecule has 1 aromatic rings. The smallest absolute Gasteiger partial charge is 0.475 e. The van der Waals surface area contributed by atoms with Crippen molar-refractivity contribution in [3.8, 4) is 0 Å². The fraction of sp³-hybridized carbons (Fsp3) is 0.722. The van der Waals surface area contributed by atoms with E-state index in [1.165, 1.54) is 24.3 Å². The lowest BCUT2D eigenvalue weighted by Gasteiger charge is -2.38. The molecule has 1 spiro atoms. The van der Waals surface area contributed by atoms with Crippen molar-refractivity contribution in [1.82, 2.24) is 14.8 Å². The number of likely N-dealkylation sites (N-methyl/N-ethyl adjacent to an activating group) is 1. The molecule has 8 nitrogen and oxygen atoms in total. The van der Waals surface area contributed by atoms with E-state index in [2.05, 4.69) is 34.3 Å². The molecule has 15 heteroatoms. The molecular weight excluding hydrogens is 484 g/mol. The first-order valence-corrected chi connectivity index (χ1v) is 10.4. The number of hydrogen-bond donors (Lipinski definition) is 2. The Morgan fingerprint density at radius 1 is 1.15 bits per heavy atom. The Balaban J connectivity index is 0.000000324. The highest BCUT2D eigenvalue weighted by Gasteiger charge is 2.43. The van der Waals surface area contributed by atoms with Gasteiger partial charge in [-0.25, -0.2) is 14.6 Å². The van der Waals surface area contributed by atoms with Crippen LogP contribution in [0.3, 0.4) is 0 Å². The van der Waals surface area contributed by atoms with Gasteiger partial charge >= 0.3 is 24.3 Å². The van der Waals surface area contributed by atoms with Crippen LogP contribution in [-0.4, -0.2) is 94.7 Å². The molecule has 1 aromatic heterocycles. The van der Waals surface area contributed by atoms with Gasteiger partial charge in [0.25, 0.3) is 0 Å². The summed E-state index contributed by atoms with van der Waals surface area (Å²) < 4.78 is 69.6. The molecule has 2 fully saturated rings. The number of carboxylic acid groups (broad SMARTS) is 2. The number of nitrogens with zero attached hydrogens (tertiary/aromatic N) is 3. The van der Waals surface area contributed by atoms with Crippen LogP contribution in [0.4, 0.5) is 26.3 Å². The Kier molecular flexibility index (Phi) is 10.5. The largest absolute Gasteiger partial charge is 0.490 e. The Labute approximate surface area is 189 Å². The Hall–Kier alpha value is -1.97. The average Bonchev–Trinajstić information content (AvgIpc) is 3.34. The Bertz CT molecular complexity index is 726. The van der Waals surface area contributed by atoms with E-state index in [4.69, 9.17) is 24.5 Å². The molecule has 0 amide bonds. The van der Waals surface area contributed by atoms with Crippen molar-refractivity contribution in [1.29, 1.82) is 0 Å². The minimum absolute atomic E-state index is 0.161. The lowest BCUT2D eigenvalue weighted by atomic mass is 9.87. The minimum Gasteiger partial charge on any atom is -0.475 e. The summed E-state index contributed by atoms with van der Waals surface area (Å²) in [6, 6.07) is 0.602. The molecular formula is C18H25F6N3O5S. The standard InChI is InChI=1S/C14H23N3OS.2C2HF3O2/c1-16(2)12-9-14(18-11-12)3-6-17(7-4-14)10-13-15-5-8-19-13;2*3-2(4,5)1(6)7/h5,8,12H,3-4,6-7,9-11H2,1-2H3;2*(H,6,7). The highest BCUT2D eigenvalue weighted by atomic mass is 32.1. The van der Waals surface area contributed by atoms with E-state index in [9.17, 15) is 26.3 Å². The molecule has 1 atom stereocenters. The summed E-state index contributed by atoms with van der Waals surface area (Å²) in [4.78, 5) is 27.0. The molecule has 190 valence electrons. The lowest BCUT2D eigenvalue weighted by Crippen LogP contribution is -2.44. The third kappa shape index (κ3) is 10.2. The van der Waals surface area contributed by atoms with Crippen molar-refractivity contribution in [2.24, 2.45) is 0 Å².